The van der Waals surface area contributed by atoms with Crippen LogP contribution < -0.4 is 11.3 Å². The van der Waals surface area contributed by atoms with Crippen LogP contribution in [0.4, 0.5) is 0 Å². The average Bonchev–Trinajstić information content (AvgIpc) is 2.39. The maximum atomic E-state index is 12.0. The van der Waals surface area contributed by atoms with Crippen LogP contribution in [0, 0.1) is 6.92 Å². The van der Waals surface area contributed by atoms with Gasteiger partial charge in [0.15, 0.2) is 0 Å². The lowest BCUT2D eigenvalue weighted by Crippen LogP contribution is -2.32. The van der Waals surface area contributed by atoms with Crippen LogP contribution in [0.5, 0.6) is 0 Å². The maximum Gasteiger partial charge on any atom is 0.321 e. The molecule has 2 aromatic heterocycles. The lowest BCUT2D eigenvalue weighted by atomic mass is 10.3. The second-order valence-electron chi connectivity index (χ2n) is 4.48. The summed E-state index contributed by atoms with van der Waals surface area (Å²) in [5, 5.41) is 8.68. The highest BCUT2D eigenvalue weighted by Gasteiger charge is 2.11. The molecule has 0 unspecified atom stereocenters. The number of hydrogen-bond acceptors (Lipinski definition) is 5. The number of pyridine rings is 1. The summed E-state index contributed by atoms with van der Waals surface area (Å²) >= 11 is 1.35. The highest BCUT2D eigenvalue weighted by Crippen LogP contribution is 2.11. The molecule has 0 amide bonds. The summed E-state index contributed by atoms with van der Waals surface area (Å²) in [6.07, 6.45) is 1.74. The van der Waals surface area contributed by atoms with Crippen LogP contribution >= 0.6 is 11.8 Å². The lowest BCUT2D eigenvalue weighted by Gasteiger charge is -2.07. The summed E-state index contributed by atoms with van der Waals surface area (Å²) in [6.45, 7) is 1.91. The van der Waals surface area contributed by atoms with Crippen molar-refractivity contribution in [2.24, 2.45) is 5.73 Å². The largest absolute Gasteiger partial charge is 0.480 e. The fourth-order valence-electron chi connectivity index (χ4n) is 1.69. The van der Waals surface area contributed by atoms with Gasteiger partial charge in [-0.2, -0.15) is 11.8 Å². The summed E-state index contributed by atoms with van der Waals surface area (Å²) in [7, 11) is 0. The topological polar surface area (TPSA) is 97.7 Å². The molecule has 0 bridgehead atoms. The Hall–Kier alpha value is -1.86. The van der Waals surface area contributed by atoms with Gasteiger partial charge in [0.25, 0.3) is 5.56 Å². The highest BCUT2D eigenvalue weighted by atomic mass is 32.2. The molecule has 2 rings (SSSR count). The van der Waals surface area contributed by atoms with Gasteiger partial charge in [-0.15, -0.1) is 0 Å². The number of carboxylic acid groups (broad SMARTS) is 1. The fourth-order valence-corrected chi connectivity index (χ4v) is 2.57. The second kappa shape index (κ2) is 6.06. The number of nitrogens with zero attached hydrogens (tertiary/aromatic N) is 2. The minimum atomic E-state index is -1.03. The molecule has 0 aliphatic rings. The van der Waals surface area contributed by atoms with Crippen LogP contribution in [0.3, 0.4) is 0 Å². The molecule has 0 aliphatic heterocycles. The third-order valence-corrected chi connectivity index (χ3v) is 3.82. The number of aromatic nitrogens is 2. The number of carbonyl (C=O) groups is 1. The van der Waals surface area contributed by atoms with Gasteiger partial charge in [0.05, 0.1) is 5.69 Å². The van der Waals surface area contributed by atoms with Gasteiger partial charge in [0.1, 0.15) is 11.7 Å². The average molecular weight is 293 g/mol. The second-order valence-corrected chi connectivity index (χ2v) is 5.51. The van der Waals surface area contributed by atoms with Crippen LogP contribution in [-0.2, 0) is 10.5 Å². The van der Waals surface area contributed by atoms with Gasteiger partial charge in [-0.3, -0.25) is 14.0 Å². The van der Waals surface area contributed by atoms with Gasteiger partial charge in [-0.25, -0.2) is 4.98 Å². The standard InChI is InChI=1S/C13H15N3O3S/c1-8-2-3-11-15-9(4-12(17)16(11)5-8)6-20-7-10(14)13(18)19/h2-5,10H,6-7,14H2,1H3,(H,18,19)/t10-/m1/s1. The number of carboxylic acids is 1. The quantitative estimate of drug-likeness (QED) is 0.840. The predicted molar refractivity (Wildman–Crippen MR) is 78.0 cm³/mol. The molecule has 3 N–H and O–H groups in total. The van der Waals surface area contributed by atoms with E-state index in [1.54, 1.807) is 12.3 Å². The number of rotatable bonds is 5. The Balaban J connectivity index is 2.14. The van der Waals surface area contributed by atoms with Gasteiger partial charge in [0.2, 0.25) is 0 Å². The summed E-state index contributed by atoms with van der Waals surface area (Å²) < 4.78 is 1.49. The van der Waals surface area contributed by atoms with E-state index in [0.29, 0.717) is 17.1 Å². The zero-order valence-electron chi connectivity index (χ0n) is 10.9. The Morgan fingerprint density at radius 3 is 3.00 bits per heavy atom. The number of aryl methyl sites for hydroxylation is 1. The van der Waals surface area contributed by atoms with E-state index in [0.717, 1.165) is 5.56 Å². The Morgan fingerprint density at radius 2 is 2.30 bits per heavy atom. The molecule has 0 saturated heterocycles. The van der Waals surface area contributed by atoms with Crippen molar-refractivity contribution in [2.45, 2.75) is 18.7 Å². The molecular formula is C13H15N3O3S. The van der Waals surface area contributed by atoms with Crippen molar-refractivity contribution in [3.8, 4) is 0 Å². The van der Waals surface area contributed by atoms with E-state index in [2.05, 4.69) is 4.98 Å². The van der Waals surface area contributed by atoms with E-state index < -0.39 is 12.0 Å². The van der Waals surface area contributed by atoms with Crippen molar-refractivity contribution in [1.29, 1.82) is 0 Å². The lowest BCUT2D eigenvalue weighted by molar-refractivity contribution is -0.137. The zero-order chi connectivity index (χ0) is 14.7. The molecule has 2 aromatic rings. The maximum absolute atomic E-state index is 12.0. The Morgan fingerprint density at radius 1 is 1.55 bits per heavy atom. The first-order valence-corrected chi connectivity index (χ1v) is 7.18. The first-order chi connectivity index (χ1) is 9.47. The van der Waals surface area contributed by atoms with Crippen molar-refractivity contribution in [3.63, 3.8) is 0 Å². The smallest absolute Gasteiger partial charge is 0.321 e. The predicted octanol–water partition coefficient (Wildman–Crippen LogP) is 0.648. The molecule has 7 heteroatoms. The summed E-state index contributed by atoms with van der Waals surface area (Å²) in [5.74, 6) is -0.287. The van der Waals surface area contributed by atoms with E-state index in [1.165, 1.54) is 22.2 Å². The van der Waals surface area contributed by atoms with Gasteiger partial charge < -0.3 is 10.8 Å². The third kappa shape index (κ3) is 3.37. The number of hydrogen-bond donors (Lipinski definition) is 2. The Kier molecular flexibility index (Phi) is 4.41. The van der Waals surface area contributed by atoms with Gasteiger partial charge >= 0.3 is 5.97 Å². The van der Waals surface area contributed by atoms with Crippen LogP contribution in [-0.4, -0.2) is 32.3 Å². The zero-order valence-corrected chi connectivity index (χ0v) is 11.8. The molecule has 2 heterocycles. The number of nitrogens with two attached hydrogens (primary N) is 1. The number of fused-ring (bicyclic) bond motifs is 1. The molecule has 0 aliphatic carbocycles. The van der Waals surface area contributed by atoms with E-state index >= 15 is 0 Å². The van der Waals surface area contributed by atoms with Gasteiger partial charge in [-0.05, 0) is 18.6 Å². The summed E-state index contributed by atoms with van der Waals surface area (Å²) in [4.78, 5) is 26.9. The Bertz CT molecular complexity index is 699. The minimum absolute atomic E-state index is 0.142. The first kappa shape index (κ1) is 14.5. The van der Waals surface area contributed by atoms with Crippen LogP contribution in [0.2, 0.25) is 0 Å². The highest BCUT2D eigenvalue weighted by molar-refractivity contribution is 7.98. The summed E-state index contributed by atoms with van der Waals surface area (Å²) in [6, 6.07) is 4.24. The third-order valence-electron chi connectivity index (χ3n) is 2.73. The van der Waals surface area contributed by atoms with E-state index in [9.17, 15) is 9.59 Å². The van der Waals surface area contributed by atoms with E-state index in [-0.39, 0.29) is 11.3 Å². The molecule has 20 heavy (non-hydrogen) atoms. The SMILES string of the molecule is Cc1ccc2nc(CSC[C@@H](N)C(=O)O)cc(=O)n2c1. The normalized spacial score (nSPS) is 12.5. The first-order valence-electron chi connectivity index (χ1n) is 6.02. The molecule has 0 aromatic carbocycles. The Labute approximate surface area is 119 Å². The summed E-state index contributed by atoms with van der Waals surface area (Å²) in [5.41, 5.74) is 7.46. The molecule has 6 nitrogen and oxygen atoms in total. The molecule has 0 radical (unpaired) electrons. The molecule has 1 atom stereocenters. The van der Waals surface area contributed by atoms with Gasteiger partial charge in [-0.1, -0.05) is 6.07 Å². The van der Waals surface area contributed by atoms with Gasteiger partial charge in [0, 0.05) is 23.8 Å². The van der Waals surface area contributed by atoms with E-state index in [1.807, 2.05) is 13.0 Å². The van der Waals surface area contributed by atoms with Crippen molar-refractivity contribution >= 4 is 23.4 Å². The van der Waals surface area contributed by atoms with Crippen LogP contribution in [0.1, 0.15) is 11.3 Å². The number of aliphatic carboxylic acids is 1. The molecule has 0 spiro atoms. The fraction of sp³-hybridized carbons (Fsp3) is 0.308. The molecule has 0 saturated carbocycles. The van der Waals surface area contributed by atoms with Crippen LogP contribution in [0.15, 0.2) is 29.2 Å². The molecular weight excluding hydrogens is 278 g/mol. The molecule has 0 fully saturated rings. The molecule has 106 valence electrons. The number of thioether (sulfide) groups is 1. The minimum Gasteiger partial charge on any atom is -0.480 e. The van der Waals surface area contributed by atoms with Crippen molar-refractivity contribution in [3.05, 3.63) is 46.0 Å². The van der Waals surface area contributed by atoms with Crippen molar-refractivity contribution < 1.29 is 9.90 Å². The van der Waals surface area contributed by atoms with Crippen molar-refractivity contribution in [2.75, 3.05) is 5.75 Å². The van der Waals surface area contributed by atoms with Crippen molar-refractivity contribution in [1.82, 2.24) is 9.38 Å². The van der Waals surface area contributed by atoms with Crippen LogP contribution in [0.25, 0.3) is 5.65 Å². The monoisotopic (exact) mass is 293 g/mol. The van der Waals surface area contributed by atoms with E-state index in [4.69, 9.17) is 10.8 Å².